The maximum atomic E-state index is 9.72. The Labute approximate surface area is 229 Å². The average molecular weight is 682 g/mol. The van der Waals surface area contributed by atoms with Gasteiger partial charge in [0.25, 0.3) is 0 Å². The quantitative estimate of drug-likeness (QED) is 0.115. The predicted molar refractivity (Wildman–Crippen MR) is 77.7 cm³/mol. The van der Waals surface area contributed by atoms with Crippen LogP contribution < -0.4 is 0 Å². The summed E-state index contributed by atoms with van der Waals surface area (Å²) < 4.78 is 0. The summed E-state index contributed by atoms with van der Waals surface area (Å²) in [7, 11) is 0. The minimum atomic E-state index is -1.79. The molecule has 0 spiro atoms. The second-order valence-electron chi connectivity index (χ2n) is 4.36. The number of aliphatic carboxylic acids is 6. The van der Waals surface area contributed by atoms with Crippen molar-refractivity contribution in [2.45, 2.75) is 37.6 Å². The van der Waals surface area contributed by atoms with Gasteiger partial charge in [0.05, 0.1) is 19.3 Å². The Bertz CT molecular complexity index is 473. The molecule has 0 aliphatic heterocycles. The first-order valence-corrected chi connectivity index (χ1v) is 6.49. The summed E-state index contributed by atoms with van der Waals surface area (Å²) in [5, 5.41) is 72.4. The Morgan fingerprint density at radius 2 is 0.586 bits per heavy atom. The maximum Gasteiger partial charge on any atom is 0.333 e. The van der Waals surface area contributed by atoms with Crippen molar-refractivity contribution in [3.63, 3.8) is 0 Å². The molecule has 0 aromatic carbocycles. The van der Waals surface area contributed by atoms with E-state index in [0.29, 0.717) is 0 Å². The van der Waals surface area contributed by atoms with Crippen LogP contribution in [0.5, 0.6) is 0 Å². The van der Waals surface area contributed by atoms with Crippen LogP contribution in [0.15, 0.2) is 0 Å². The molecular formula is C12H18Ce2O15. The summed E-state index contributed by atoms with van der Waals surface area (Å²) in [5.74, 6) is -8.54. The molecule has 0 aromatic rings. The van der Waals surface area contributed by atoms with Crippen LogP contribution in [0, 0.1) is 83.5 Å². The smallest absolute Gasteiger partial charge is 0.333 e. The third kappa shape index (κ3) is 32.3. The van der Waals surface area contributed by atoms with E-state index in [9.17, 15) is 28.8 Å². The molecule has 0 rings (SSSR count). The molecule has 0 aliphatic rings. The number of hydrogen-bond donors (Lipinski definition) is 9. The molecule has 17 heteroatoms. The number of carboxylic acid groups (broad SMARTS) is 6. The van der Waals surface area contributed by atoms with E-state index in [1.807, 2.05) is 0 Å². The molecule has 164 valence electrons. The topological polar surface area (TPSA) is 284 Å². The molecule has 0 aliphatic carbocycles. The fourth-order valence-corrected chi connectivity index (χ4v) is 0.758. The normalized spacial score (nSPS) is 11.7. The third-order valence-electron chi connectivity index (χ3n) is 1.96. The molecule has 0 radical (unpaired) electrons. The molecule has 0 fully saturated rings. The zero-order chi connectivity index (χ0) is 22.3. The van der Waals surface area contributed by atoms with Crippen LogP contribution in [0.3, 0.4) is 0 Å². The summed E-state index contributed by atoms with van der Waals surface area (Å²) >= 11 is 0. The molecule has 15 nitrogen and oxygen atoms in total. The van der Waals surface area contributed by atoms with Crippen molar-refractivity contribution in [3.8, 4) is 0 Å². The number of aliphatic hydroxyl groups excluding tert-OH is 3. The monoisotopic (exact) mass is 682 g/mol. The van der Waals surface area contributed by atoms with E-state index >= 15 is 0 Å². The number of hydrogen-bond acceptors (Lipinski definition) is 9. The van der Waals surface area contributed by atoms with Crippen LogP contribution in [0.25, 0.3) is 0 Å². The number of carbonyl (C=O) groups is 6. The average Bonchev–Trinajstić information content (AvgIpc) is 2.46. The van der Waals surface area contributed by atoms with Gasteiger partial charge in [-0.15, -0.1) is 0 Å². The Balaban J connectivity index is -0.0000000960. The number of aliphatic hydroxyl groups is 3. The van der Waals surface area contributed by atoms with Gasteiger partial charge in [0, 0.05) is 83.5 Å². The molecule has 3 unspecified atom stereocenters. The van der Waals surface area contributed by atoms with Gasteiger partial charge in [-0.25, -0.2) is 14.4 Å². The van der Waals surface area contributed by atoms with Gasteiger partial charge in [0.1, 0.15) is 0 Å². The summed E-state index contributed by atoms with van der Waals surface area (Å²) in [6.45, 7) is 0. The largest absolute Gasteiger partial charge is 0.481 e. The van der Waals surface area contributed by atoms with E-state index in [0.717, 1.165) is 0 Å². The zero-order valence-electron chi connectivity index (χ0n) is 14.3. The standard InChI is InChI=1S/3C4H6O5.2Ce/c3*5-2(4(8)9)1-3(6)7;;/h3*2,5H,1H2,(H,6,7)(H,8,9);;. The van der Waals surface area contributed by atoms with Crippen molar-refractivity contribution in [1.82, 2.24) is 0 Å². The Morgan fingerprint density at radius 3 is 0.621 bits per heavy atom. The van der Waals surface area contributed by atoms with Gasteiger partial charge < -0.3 is 46.0 Å². The van der Waals surface area contributed by atoms with Crippen LogP contribution >= 0.6 is 0 Å². The minimum absolute atomic E-state index is 0. The van der Waals surface area contributed by atoms with Crippen LogP contribution in [0.2, 0.25) is 0 Å². The molecular weight excluding hydrogens is 664 g/mol. The van der Waals surface area contributed by atoms with E-state index in [4.69, 9.17) is 46.0 Å². The second kappa shape index (κ2) is 22.1. The van der Waals surface area contributed by atoms with Crippen molar-refractivity contribution in [3.05, 3.63) is 0 Å². The first-order valence-electron chi connectivity index (χ1n) is 6.49. The van der Waals surface area contributed by atoms with Gasteiger partial charge in [-0.1, -0.05) is 0 Å². The van der Waals surface area contributed by atoms with Crippen LogP contribution in [0.1, 0.15) is 19.3 Å². The van der Waals surface area contributed by atoms with Gasteiger partial charge in [-0.3, -0.25) is 14.4 Å². The SMILES string of the molecule is O=C(O)CC(O)C(=O)O.O=C(O)CC(O)C(=O)O.O=C(O)CC(O)C(=O)O.[Ce].[Ce]. The van der Waals surface area contributed by atoms with Crippen LogP contribution in [-0.4, -0.2) is 100 Å². The van der Waals surface area contributed by atoms with E-state index < -0.39 is 73.4 Å². The van der Waals surface area contributed by atoms with Crippen molar-refractivity contribution < 1.29 is 158 Å². The molecule has 0 aromatic heterocycles. The first kappa shape index (κ1) is 39.0. The minimum Gasteiger partial charge on any atom is -0.481 e. The molecule has 9 N–H and O–H groups in total. The van der Waals surface area contributed by atoms with E-state index in [1.54, 1.807) is 0 Å². The third-order valence-corrected chi connectivity index (χ3v) is 1.96. The molecule has 3 atom stereocenters. The summed E-state index contributed by atoms with van der Waals surface area (Å²) in [6, 6.07) is 0. The van der Waals surface area contributed by atoms with Crippen molar-refractivity contribution in [2.24, 2.45) is 0 Å². The first-order chi connectivity index (χ1) is 12.1. The zero-order valence-corrected chi connectivity index (χ0v) is 20.6. The maximum absolute atomic E-state index is 9.72. The van der Waals surface area contributed by atoms with Crippen molar-refractivity contribution in [2.75, 3.05) is 0 Å². The van der Waals surface area contributed by atoms with Crippen molar-refractivity contribution in [1.29, 1.82) is 0 Å². The number of carboxylic acids is 6. The van der Waals surface area contributed by atoms with Crippen molar-refractivity contribution >= 4 is 35.8 Å². The van der Waals surface area contributed by atoms with Gasteiger partial charge in [-0.05, 0) is 0 Å². The van der Waals surface area contributed by atoms with E-state index in [2.05, 4.69) is 0 Å². The molecule has 0 saturated carbocycles. The van der Waals surface area contributed by atoms with Gasteiger partial charge in [0.15, 0.2) is 18.3 Å². The fraction of sp³-hybridized carbons (Fsp3) is 0.500. The Morgan fingerprint density at radius 1 is 0.448 bits per heavy atom. The van der Waals surface area contributed by atoms with Gasteiger partial charge in [-0.2, -0.15) is 0 Å². The van der Waals surface area contributed by atoms with Gasteiger partial charge in [0.2, 0.25) is 0 Å². The second-order valence-corrected chi connectivity index (χ2v) is 4.36. The van der Waals surface area contributed by atoms with Crippen LogP contribution in [-0.2, 0) is 28.8 Å². The van der Waals surface area contributed by atoms with Crippen LogP contribution in [0.4, 0.5) is 0 Å². The Kier molecular flexibility index (Phi) is 29.8. The molecule has 0 saturated heterocycles. The summed E-state index contributed by atoms with van der Waals surface area (Å²) in [5.41, 5.74) is 0. The molecule has 0 bridgehead atoms. The summed E-state index contributed by atoms with van der Waals surface area (Å²) in [6.07, 6.45) is -7.63. The molecule has 29 heavy (non-hydrogen) atoms. The Hall–Kier alpha value is -0.547. The molecule has 0 amide bonds. The number of rotatable bonds is 9. The fourth-order valence-electron chi connectivity index (χ4n) is 0.758. The summed E-state index contributed by atoms with van der Waals surface area (Å²) in [4.78, 5) is 58.2. The van der Waals surface area contributed by atoms with E-state index in [-0.39, 0.29) is 83.5 Å². The van der Waals surface area contributed by atoms with E-state index in [1.165, 1.54) is 0 Å². The molecule has 0 heterocycles. The van der Waals surface area contributed by atoms with Gasteiger partial charge >= 0.3 is 35.8 Å². The predicted octanol–water partition coefficient (Wildman–Crippen LogP) is -3.28.